The van der Waals surface area contributed by atoms with Gasteiger partial charge in [0.1, 0.15) is 6.07 Å². The largest absolute Gasteiger partial charge is 0.192 e. The average Bonchev–Trinajstić information content (AvgIpc) is 2.43. The second kappa shape index (κ2) is 6.30. The predicted molar refractivity (Wildman–Crippen MR) is 77.3 cm³/mol. The van der Waals surface area contributed by atoms with Gasteiger partial charge < -0.3 is 0 Å². The molecule has 2 rings (SSSR count). The average molecular weight is 272 g/mol. The topological polar surface area (TPSA) is 23.8 Å². The lowest BCUT2D eigenvalue weighted by Crippen LogP contribution is -1.78. The van der Waals surface area contributed by atoms with Crippen LogP contribution in [0.25, 0.3) is 5.57 Å². The van der Waals surface area contributed by atoms with Crippen molar-refractivity contribution in [3.8, 4) is 6.07 Å². The van der Waals surface area contributed by atoms with Gasteiger partial charge in [0, 0.05) is 9.92 Å². The highest BCUT2D eigenvalue weighted by Gasteiger charge is 1.99. The molecule has 0 fully saturated rings. The molecule has 0 aliphatic heterocycles. The van der Waals surface area contributed by atoms with E-state index < -0.39 is 0 Å². The quantitative estimate of drug-likeness (QED) is 0.580. The summed E-state index contributed by atoms with van der Waals surface area (Å²) in [6, 6.07) is 19.4. The lowest BCUT2D eigenvalue weighted by Gasteiger charge is -1.99. The van der Waals surface area contributed by atoms with Crippen LogP contribution in [0.15, 0.2) is 64.9 Å². The number of rotatable bonds is 3. The van der Waals surface area contributed by atoms with Gasteiger partial charge in [-0.1, -0.05) is 53.7 Å². The monoisotopic (exact) mass is 271 g/mol. The Morgan fingerprint density at radius 3 is 2.33 bits per heavy atom. The summed E-state index contributed by atoms with van der Waals surface area (Å²) in [5.41, 5.74) is 1.59. The molecule has 0 heterocycles. The minimum Gasteiger partial charge on any atom is -0.192 e. The van der Waals surface area contributed by atoms with E-state index in [-0.39, 0.29) is 0 Å². The molecule has 2 aromatic carbocycles. The van der Waals surface area contributed by atoms with E-state index in [0.717, 1.165) is 10.5 Å². The summed E-state index contributed by atoms with van der Waals surface area (Å²) in [6.07, 6.45) is 0. The second-order valence-corrected chi connectivity index (χ2v) is 4.96. The molecule has 0 aromatic heterocycles. The van der Waals surface area contributed by atoms with Crippen LogP contribution in [0.3, 0.4) is 0 Å². The third-order valence-corrected chi connectivity index (χ3v) is 3.48. The van der Waals surface area contributed by atoms with Crippen molar-refractivity contribution in [1.82, 2.24) is 0 Å². The first-order chi connectivity index (χ1) is 8.79. The molecule has 2 aromatic rings. The van der Waals surface area contributed by atoms with E-state index in [4.69, 9.17) is 16.9 Å². The van der Waals surface area contributed by atoms with Crippen molar-refractivity contribution in [3.05, 3.63) is 70.6 Å². The molecule has 0 spiro atoms. The van der Waals surface area contributed by atoms with Gasteiger partial charge in [0.2, 0.25) is 0 Å². The molecular formula is C15H10ClNS. The minimum absolute atomic E-state index is 0.663. The van der Waals surface area contributed by atoms with Gasteiger partial charge in [0.05, 0.1) is 5.57 Å². The molecule has 0 bridgehead atoms. The first-order valence-corrected chi connectivity index (χ1v) is 6.63. The molecule has 3 heteroatoms. The van der Waals surface area contributed by atoms with Gasteiger partial charge >= 0.3 is 0 Å². The minimum atomic E-state index is 0.663. The Hall–Kier alpha value is -1.69. The zero-order chi connectivity index (χ0) is 12.8. The van der Waals surface area contributed by atoms with Crippen molar-refractivity contribution in [2.45, 2.75) is 4.90 Å². The van der Waals surface area contributed by atoms with Gasteiger partial charge in [-0.05, 0) is 35.2 Å². The first-order valence-electron chi connectivity index (χ1n) is 5.37. The number of hydrogen-bond donors (Lipinski definition) is 0. The van der Waals surface area contributed by atoms with Crippen LogP contribution in [0.2, 0.25) is 5.02 Å². The van der Waals surface area contributed by atoms with Gasteiger partial charge in [-0.15, -0.1) is 0 Å². The first kappa shape index (κ1) is 12.8. The number of allylic oxidation sites excluding steroid dienone is 1. The van der Waals surface area contributed by atoms with Crippen molar-refractivity contribution in [2.24, 2.45) is 0 Å². The summed E-state index contributed by atoms with van der Waals surface area (Å²) < 4.78 is 0. The van der Waals surface area contributed by atoms with Crippen LogP contribution in [-0.4, -0.2) is 0 Å². The normalized spacial score (nSPS) is 11.0. The Balaban J connectivity index is 2.17. The molecule has 0 N–H and O–H groups in total. The molecule has 0 amide bonds. The third kappa shape index (κ3) is 3.40. The molecule has 0 aliphatic rings. The molecular weight excluding hydrogens is 262 g/mol. The van der Waals surface area contributed by atoms with Crippen molar-refractivity contribution < 1.29 is 0 Å². The maximum atomic E-state index is 9.15. The summed E-state index contributed by atoms with van der Waals surface area (Å²) in [6.45, 7) is 0. The van der Waals surface area contributed by atoms with Gasteiger partial charge in [-0.2, -0.15) is 5.26 Å². The predicted octanol–water partition coefficient (Wildman–Crippen LogP) is 5.00. The van der Waals surface area contributed by atoms with E-state index in [9.17, 15) is 0 Å². The van der Waals surface area contributed by atoms with Crippen molar-refractivity contribution in [3.63, 3.8) is 0 Å². The standard InChI is InChI=1S/C15H10ClNS/c16-14-6-8-15(9-7-14)18-11-13(10-17)12-4-2-1-3-5-12/h1-9,11H/b13-11-. The summed E-state index contributed by atoms with van der Waals surface area (Å²) in [7, 11) is 0. The summed E-state index contributed by atoms with van der Waals surface area (Å²) in [5, 5.41) is 11.7. The molecule has 0 saturated carbocycles. The highest BCUT2D eigenvalue weighted by atomic mass is 35.5. The van der Waals surface area contributed by atoms with E-state index in [1.54, 1.807) is 0 Å². The Bertz CT molecular complexity index is 582. The number of halogens is 1. The van der Waals surface area contributed by atoms with E-state index in [2.05, 4.69) is 6.07 Å². The fraction of sp³-hybridized carbons (Fsp3) is 0. The zero-order valence-corrected chi connectivity index (χ0v) is 11.1. The lowest BCUT2D eigenvalue weighted by molar-refractivity contribution is 1.47. The second-order valence-electron chi connectivity index (χ2n) is 3.58. The lowest BCUT2D eigenvalue weighted by atomic mass is 10.1. The van der Waals surface area contributed by atoms with Crippen LogP contribution in [0.1, 0.15) is 5.56 Å². The van der Waals surface area contributed by atoms with Crippen LogP contribution in [-0.2, 0) is 0 Å². The maximum absolute atomic E-state index is 9.15. The molecule has 0 atom stereocenters. The maximum Gasteiger partial charge on any atom is 0.100 e. The van der Waals surface area contributed by atoms with Gasteiger partial charge in [0.15, 0.2) is 0 Å². The van der Waals surface area contributed by atoms with E-state index in [0.29, 0.717) is 10.6 Å². The summed E-state index contributed by atoms with van der Waals surface area (Å²) >= 11 is 7.33. The Labute approximate surface area is 116 Å². The summed E-state index contributed by atoms with van der Waals surface area (Å²) in [4.78, 5) is 1.06. The van der Waals surface area contributed by atoms with Gasteiger partial charge in [-0.25, -0.2) is 0 Å². The number of benzene rings is 2. The van der Waals surface area contributed by atoms with Crippen LogP contribution in [0, 0.1) is 11.3 Å². The van der Waals surface area contributed by atoms with Crippen LogP contribution in [0.4, 0.5) is 0 Å². The highest BCUT2D eigenvalue weighted by Crippen LogP contribution is 2.25. The van der Waals surface area contributed by atoms with E-state index in [1.807, 2.05) is 60.0 Å². The fourth-order valence-electron chi connectivity index (χ4n) is 1.42. The molecule has 1 nitrogen and oxygen atoms in total. The van der Waals surface area contributed by atoms with Crippen molar-refractivity contribution in [2.75, 3.05) is 0 Å². The Morgan fingerprint density at radius 2 is 1.72 bits per heavy atom. The van der Waals surface area contributed by atoms with E-state index >= 15 is 0 Å². The van der Waals surface area contributed by atoms with Gasteiger partial charge in [0.25, 0.3) is 0 Å². The van der Waals surface area contributed by atoms with Crippen molar-refractivity contribution >= 4 is 28.9 Å². The van der Waals surface area contributed by atoms with Crippen molar-refractivity contribution in [1.29, 1.82) is 5.26 Å². The number of hydrogen-bond acceptors (Lipinski definition) is 2. The molecule has 18 heavy (non-hydrogen) atoms. The molecule has 0 aliphatic carbocycles. The Kier molecular flexibility index (Phi) is 4.46. The SMILES string of the molecule is N#C/C(=C/Sc1ccc(Cl)cc1)c1ccccc1. The molecule has 0 unspecified atom stereocenters. The third-order valence-electron chi connectivity index (χ3n) is 2.33. The smallest absolute Gasteiger partial charge is 0.100 e. The number of nitriles is 1. The van der Waals surface area contributed by atoms with Crippen LogP contribution in [0.5, 0.6) is 0 Å². The van der Waals surface area contributed by atoms with Crippen LogP contribution < -0.4 is 0 Å². The van der Waals surface area contributed by atoms with Crippen LogP contribution >= 0.6 is 23.4 Å². The number of thioether (sulfide) groups is 1. The molecule has 0 radical (unpaired) electrons. The number of nitrogens with zero attached hydrogens (tertiary/aromatic N) is 1. The Morgan fingerprint density at radius 1 is 1.06 bits per heavy atom. The molecule has 88 valence electrons. The summed E-state index contributed by atoms with van der Waals surface area (Å²) in [5.74, 6) is 0. The molecule has 0 saturated heterocycles. The van der Waals surface area contributed by atoms with Gasteiger partial charge in [-0.3, -0.25) is 0 Å². The fourth-order valence-corrected chi connectivity index (χ4v) is 2.28. The highest BCUT2D eigenvalue weighted by molar-refractivity contribution is 8.02. The zero-order valence-electron chi connectivity index (χ0n) is 9.51. The van der Waals surface area contributed by atoms with E-state index in [1.165, 1.54) is 11.8 Å².